The number of aliphatic hydroxyl groups is 1. The van der Waals surface area contributed by atoms with Crippen LogP contribution in [-0.4, -0.2) is 71.6 Å². The van der Waals surface area contributed by atoms with Gasteiger partial charge in [0, 0.05) is 69.0 Å². The average molecular weight is 582 g/mol. The first-order chi connectivity index (χ1) is 19.7. The standard InChI is InChI=1S/C28H33ClFN9O2/c1-16(6-9-41-28-25(17(2)37-38(28)3)27-32-7-4-24(31)36-27)35-22-11-23(29)33-13-20(22)26-21(30)10-18(12-34-26)14-39-8-5-19(40)15-39/h4,7,10-13,16,19,40H,5-6,8-9,14-15H2,1-3H3,(H,33,35)(H2,31,32,36)/t16-,19-/m0/s1. The van der Waals surface area contributed by atoms with Crippen molar-refractivity contribution in [2.24, 2.45) is 7.05 Å². The number of hydrogen-bond donors (Lipinski definition) is 3. The molecule has 0 aromatic carbocycles. The van der Waals surface area contributed by atoms with E-state index in [1.807, 2.05) is 13.8 Å². The van der Waals surface area contributed by atoms with E-state index in [1.165, 1.54) is 12.3 Å². The normalized spacial score (nSPS) is 16.2. The lowest BCUT2D eigenvalue weighted by atomic mass is 10.1. The predicted molar refractivity (Wildman–Crippen MR) is 155 cm³/mol. The summed E-state index contributed by atoms with van der Waals surface area (Å²) in [5.74, 6) is 0.906. The highest BCUT2D eigenvalue weighted by Crippen LogP contribution is 2.32. The number of likely N-dealkylation sites (tertiary alicyclic amines) is 1. The third kappa shape index (κ3) is 6.72. The van der Waals surface area contributed by atoms with Crippen LogP contribution in [0.25, 0.3) is 22.6 Å². The minimum Gasteiger partial charge on any atom is -0.477 e. The molecule has 0 spiro atoms. The molecule has 2 atom stereocenters. The van der Waals surface area contributed by atoms with E-state index in [0.717, 1.165) is 24.2 Å². The summed E-state index contributed by atoms with van der Waals surface area (Å²) in [6, 6.07) is 4.70. The predicted octanol–water partition coefficient (Wildman–Crippen LogP) is 3.85. The molecular formula is C28H33ClFN9O2. The van der Waals surface area contributed by atoms with E-state index in [0.29, 0.717) is 60.5 Å². The SMILES string of the molecule is Cc1nn(C)c(OCC[C@H](C)Nc2cc(Cl)ncc2-c2ncc(CN3CC[C@H](O)C3)cc2F)c1-c1nccc(N)n1. The lowest BCUT2D eigenvalue weighted by Crippen LogP contribution is -2.21. The Morgan fingerprint density at radius 2 is 2.10 bits per heavy atom. The minimum absolute atomic E-state index is 0.0717. The Kier molecular flexibility index (Phi) is 8.62. The quantitative estimate of drug-likeness (QED) is 0.236. The van der Waals surface area contributed by atoms with Gasteiger partial charge in [0.2, 0.25) is 5.88 Å². The topological polar surface area (TPSA) is 140 Å². The Hall–Kier alpha value is -3.87. The molecule has 0 saturated carbocycles. The van der Waals surface area contributed by atoms with Crippen molar-refractivity contribution in [2.45, 2.75) is 45.4 Å². The van der Waals surface area contributed by atoms with Gasteiger partial charge in [0.15, 0.2) is 5.82 Å². The molecule has 4 N–H and O–H groups in total. The maximum absolute atomic E-state index is 15.3. The molecule has 0 unspecified atom stereocenters. The maximum atomic E-state index is 15.3. The number of anilines is 2. The van der Waals surface area contributed by atoms with Crippen molar-refractivity contribution < 1.29 is 14.2 Å². The van der Waals surface area contributed by atoms with Crippen LogP contribution in [-0.2, 0) is 13.6 Å². The molecular weight excluding hydrogens is 549 g/mol. The van der Waals surface area contributed by atoms with Crippen LogP contribution in [0.1, 0.15) is 31.0 Å². The van der Waals surface area contributed by atoms with Crippen LogP contribution in [0.3, 0.4) is 0 Å². The minimum atomic E-state index is -0.451. The molecule has 1 aliphatic rings. The fraction of sp³-hybridized carbons (Fsp3) is 0.393. The highest BCUT2D eigenvalue weighted by Gasteiger charge is 2.22. The molecule has 0 amide bonds. The van der Waals surface area contributed by atoms with E-state index in [9.17, 15) is 5.11 Å². The van der Waals surface area contributed by atoms with Crippen LogP contribution >= 0.6 is 11.6 Å². The fourth-order valence-electron chi connectivity index (χ4n) is 4.94. The second kappa shape index (κ2) is 12.3. The molecule has 1 saturated heterocycles. The second-order valence-corrected chi connectivity index (χ2v) is 10.7. The molecule has 0 radical (unpaired) electrons. The molecule has 1 aliphatic heterocycles. The fourth-order valence-corrected chi connectivity index (χ4v) is 5.10. The summed E-state index contributed by atoms with van der Waals surface area (Å²) in [5, 5.41) is 17.9. The first-order valence-corrected chi connectivity index (χ1v) is 13.8. The van der Waals surface area contributed by atoms with Crippen LogP contribution in [0.5, 0.6) is 5.88 Å². The van der Waals surface area contributed by atoms with Crippen molar-refractivity contribution in [3.63, 3.8) is 0 Å². The molecule has 13 heteroatoms. The monoisotopic (exact) mass is 581 g/mol. The molecule has 1 fully saturated rings. The zero-order valence-electron chi connectivity index (χ0n) is 23.2. The van der Waals surface area contributed by atoms with E-state index in [4.69, 9.17) is 22.1 Å². The molecule has 4 aromatic heterocycles. The molecule has 5 heterocycles. The molecule has 4 aromatic rings. The number of pyridine rings is 2. The third-order valence-electron chi connectivity index (χ3n) is 6.94. The van der Waals surface area contributed by atoms with Crippen molar-refractivity contribution in [1.82, 2.24) is 34.6 Å². The number of aryl methyl sites for hydroxylation is 2. The van der Waals surface area contributed by atoms with E-state index in [1.54, 1.807) is 36.3 Å². The summed E-state index contributed by atoms with van der Waals surface area (Å²) in [4.78, 5) is 19.3. The number of β-amino-alcohol motifs (C(OH)–C–C–N with tert-alkyl or cyclic N) is 1. The van der Waals surface area contributed by atoms with Crippen LogP contribution in [0.4, 0.5) is 15.9 Å². The van der Waals surface area contributed by atoms with Crippen LogP contribution in [0.15, 0.2) is 36.8 Å². The highest BCUT2D eigenvalue weighted by atomic mass is 35.5. The molecule has 5 rings (SSSR count). The first kappa shape index (κ1) is 28.7. The second-order valence-electron chi connectivity index (χ2n) is 10.3. The number of hydrogen-bond acceptors (Lipinski definition) is 10. The van der Waals surface area contributed by atoms with Gasteiger partial charge in [-0.2, -0.15) is 5.10 Å². The van der Waals surface area contributed by atoms with E-state index in [-0.39, 0.29) is 23.0 Å². The van der Waals surface area contributed by atoms with Gasteiger partial charge in [0.05, 0.1) is 18.4 Å². The highest BCUT2D eigenvalue weighted by molar-refractivity contribution is 6.29. The van der Waals surface area contributed by atoms with Gasteiger partial charge >= 0.3 is 0 Å². The van der Waals surface area contributed by atoms with Gasteiger partial charge in [-0.1, -0.05) is 11.6 Å². The summed E-state index contributed by atoms with van der Waals surface area (Å²) >= 11 is 6.20. The summed E-state index contributed by atoms with van der Waals surface area (Å²) in [6.07, 6.45) is 5.78. The molecule has 11 nitrogen and oxygen atoms in total. The summed E-state index contributed by atoms with van der Waals surface area (Å²) < 4.78 is 23.1. The molecule has 41 heavy (non-hydrogen) atoms. The Morgan fingerprint density at radius 3 is 2.83 bits per heavy atom. The Balaban J connectivity index is 1.26. The molecule has 216 valence electrons. The van der Waals surface area contributed by atoms with Crippen molar-refractivity contribution in [2.75, 3.05) is 30.7 Å². The van der Waals surface area contributed by atoms with E-state index >= 15 is 4.39 Å². The molecule has 0 aliphatic carbocycles. The van der Waals surface area contributed by atoms with Crippen molar-refractivity contribution in [3.8, 4) is 28.5 Å². The molecule has 0 bridgehead atoms. The number of nitrogens with one attached hydrogen (secondary N) is 1. The smallest absolute Gasteiger partial charge is 0.223 e. The van der Waals surface area contributed by atoms with Gasteiger partial charge in [-0.05, 0) is 44.0 Å². The Labute approximate surface area is 242 Å². The van der Waals surface area contributed by atoms with Gasteiger partial charge in [0.25, 0.3) is 0 Å². The Bertz CT molecular complexity index is 1530. The third-order valence-corrected chi connectivity index (χ3v) is 7.15. The van der Waals surface area contributed by atoms with Crippen molar-refractivity contribution in [3.05, 3.63) is 59.0 Å². The number of ether oxygens (including phenoxy) is 1. The number of rotatable bonds is 10. The summed E-state index contributed by atoms with van der Waals surface area (Å²) in [7, 11) is 1.80. The number of aliphatic hydroxyl groups excluding tert-OH is 1. The van der Waals surface area contributed by atoms with Gasteiger partial charge in [-0.25, -0.2) is 24.0 Å². The first-order valence-electron chi connectivity index (χ1n) is 13.4. The zero-order chi connectivity index (χ0) is 29.1. The van der Waals surface area contributed by atoms with Crippen LogP contribution in [0, 0.1) is 12.7 Å². The number of nitrogen functional groups attached to an aromatic ring is 1. The van der Waals surface area contributed by atoms with Crippen molar-refractivity contribution in [1.29, 1.82) is 0 Å². The van der Waals surface area contributed by atoms with E-state index < -0.39 is 5.82 Å². The number of nitrogens with two attached hydrogens (primary N) is 1. The lowest BCUT2D eigenvalue weighted by molar-refractivity contribution is 0.174. The van der Waals surface area contributed by atoms with E-state index in [2.05, 4.69) is 35.3 Å². The lowest BCUT2D eigenvalue weighted by Gasteiger charge is -2.19. The summed E-state index contributed by atoms with van der Waals surface area (Å²) in [6.45, 7) is 6.11. The van der Waals surface area contributed by atoms with Gasteiger partial charge in [0.1, 0.15) is 28.0 Å². The largest absolute Gasteiger partial charge is 0.477 e. The zero-order valence-corrected chi connectivity index (χ0v) is 23.9. The Morgan fingerprint density at radius 1 is 1.27 bits per heavy atom. The van der Waals surface area contributed by atoms with Crippen molar-refractivity contribution >= 4 is 23.1 Å². The van der Waals surface area contributed by atoms with Crippen LogP contribution < -0.4 is 15.8 Å². The summed E-state index contributed by atoms with van der Waals surface area (Å²) in [5.41, 5.74) is 9.33. The number of halogens is 2. The van der Waals surface area contributed by atoms with Crippen LogP contribution in [0.2, 0.25) is 5.15 Å². The van der Waals surface area contributed by atoms with Gasteiger partial charge < -0.3 is 20.9 Å². The van der Waals surface area contributed by atoms with Gasteiger partial charge in [-0.15, -0.1) is 0 Å². The maximum Gasteiger partial charge on any atom is 0.223 e. The average Bonchev–Trinajstić information content (AvgIpc) is 3.45. The van der Waals surface area contributed by atoms with Gasteiger partial charge in [-0.3, -0.25) is 9.88 Å². The number of nitrogens with zero attached hydrogens (tertiary/aromatic N) is 7. The number of aromatic nitrogens is 6.